The fraction of sp³-hybridized carbons (Fsp3) is 0.357. The van der Waals surface area contributed by atoms with E-state index in [1.54, 1.807) is 12.3 Å². The number of ether oxygens (including phenoxy) is 2. The Morgan fingerprint density at radius 1 is 1.43 bits per heavy atom. The molecule has 0 aromatic heterocycles. The first-order valence-corrected chi connectivity index (χ1v) is 8.34. The molecule has 3 N–H and O–H groups in total. The van der Waals surface area contributed by atoms with Crippen molar-refractivity contribution in [2.45, 2.75) is 13.8 Å². The molecule has 126 valence electrons. The molecule has 0 atom stereocenters. The highest BCUT2D eigenvalue weighted by atomic mass is 127. The van der Waals surface area contributed by atoms with E-state index < -0.39 is 12.6 Å². The minimum absolute atomic E-state index is 0.406. The fourth-order valence-corrected chi connectivity index (χ4v) is 2.54. The van der Waals surface area contributed by atoms with Crippen LogP contribution in [0.2, 0.25) is 0 Å². The van der Waals surface area contributed by atoms with Gasteiger partial charge in [0.2, 0.25) is 0 Å². The second-order valence-corrected chi connectivity index (χ2v) is 5.75. The second kappa shape index (κ2) is 10.2. The molecule has 1 aromatic rings. The van der Waals surface area contributed by atoms with Crippen molar-refractivity contribution in [1.29, 1.82) is 0 Å². The van der Waals surface area contributed by atoms with E-state index in [0.29, 0.717) is 29.8 Å². The molecule has 7 nitrogen and oxygen atoms in total. The van der Waals surface area contributed by atoms with Crippen LogP contribution in [-0.4, -0.2) is 42.2 Å². The highest BCUT2D eigenvalue weighted by Crippen LogP contribution is 2.33. The molecule has 0 saturated carbocycles. The molecule has 23 heavy (non-hydrogen) atoms. The lowest BCUT2D eigenvalue weighted by Gasteiger charge is -2.13. The molecule has 0 fully saturated rings. The van der Waals surface area contributed by atoms with Gasteiger partial charge in [0.1, 0.15) is 0 Å². The Labute approximate surface area is 153 Å². The quantitative estimate of drug-likeness (QED) is 0.241. The number of nitrogens with one attached hydrogen (secondary N) is 2. The topological polar surface area (TPSA) is 92.2 Å². The Balaban J connectivity index is 2.91. The van der Waals surface area contributed by atoms with Crippen molar-refractivity contribution in [2.24, 2.45) is 5.10 Å². The fourth-order valence-electron chi connectivity index (χ4n) is 1.56. The maximum atomic E-state index is 10.7. The van der Waals surface area contributed by atoms with E-state index in [9.17, 15) is 4.79 Å². The molecule has 0 aliphatic rings. The first kappa shape index (κ1) is 19.4. The summed E-state index contributed by atoms with van der Waals surface area (Å²) in [5, 5.41) is 16.1. The normalized spacial score (nSPS) is 10.4. The van der Waals surface area contributed by atoms with Gasteiger partial charge < -0.3 is 19.9 Å². The van der Waals surface area contributed by atoms with Gasteiger partial charge in [-0.25, -0.2) is 4.79 Å². The van der Waals surface area contributed by atoms with Crippen molar-refractivity contribution in [3.05, 3.63) is 21.3 Å². The van der Waals surface area contributed by atoms with Crippen molar-refractivity contribution in [2.75, 3.05) is 19.8 Å². The predicted octanol–water partition coefficient (Wildman–Crippen LogP) is 1.97. The van der Waals surface area contributed by atoms with Crippen molar-refractivity contribution < 1.29 is 19.4 Å². The van der Waals surface area contributed by atoms with Crippen LogP contribution in [-0.2, 0) is 4.79 Å². The minimum atomic E-state index is -1.05. The van der Waals surface area contributed by atoms with Gasteiger partial charge in [-0.1, -0.05) is 0 Å². The summed E-state index contributed by atoms with van der Waals surface area (Å²) in [6.45, 7) is 4.49. The SMILES string of the molecule is CCNC(=S)NN=Cc1cc(I)c(OCC(=O)O)c(OCC)c1. The average Bonchev–Trinajstić information content (AvgIpc) is 2.46. The van der Waals surface area contributed by atoms with E-state index in [-0.39, 0.29) is 0 Å². The molecular weight excluding hydrogens is 433 g/mol. The number of carbonyl (C=O) groups is 1. The van der Waals surface area contributed by atoms with E-state index in [2.05, 4.69) is 38.4 Å². The van der Waals surface area contributed by atoms with Gasteiger partial charge in [-0.3, -0.25) is 5.43 Å². The van der Waals surface area contributed by atoms with Crippen molar-refractivity contribution in [1.82, 2.24) is 10.7 Å². The largest absolute Gasteiger partial charge is 0.490 e. The molecule has 0 saturated heterocycles. The van der Waals surface area contributed by atoms with E-state index in [4.69, 9.17) is 26.8 Å². The zero-order valence-electron chi connectivity index (χ0n) is 12.8. The second-order valence-electron chi connectivity index (χ2n) is 4.17. The summed E-state index contributed by atoms with van der Waals surface area (Å²) in [7, 11) is 0. The number of carboxylic acids is 1. The number of rotatable bonds is 8. The number of aliphatic carboxylic acids is 1. The zero-order valence-corrected chi connectivity index (χ0v) is 15.7. The van der Waals surface area contributed by atoms with E-state index in [1.165, 1.54) is 0 Å². The van der Waals surface area contributed by atoms with Crippen LogP contribution in [0.25, 0.3) is 0 Å². The van der Waals surface area contributed by atoms with Crippen LogP contribution in [0.5, 0.6) is 11.5 Å². The lowest BCUT2D eigenvalue weighted by molar-refractivity contribution is -0.139. The molecule has 0 radical (unpaired) electrons. The highest BCUT2D eigenvalue weighted by Gasteiger charge is 2.13. The first-order chi connectivity index (χ1) is 11.0. The Morgan fingerprint density at radius 3 is 2.78 bits per heavy atom. The summed E-state index contributed by atoms with van der Waals surface area (Å²) in [4.78, 5) is 10.7. The zero-order chi connectivity index (χ0) is 17.2. The Bertz CT molecular complexity index is 596. The molecule has 0 aliphatic heterocycles. The summed E-state index contributed by atoms with van der Waals surface area (Å²) >= 11 is 7.06. The molecule has 0 spiro atoms. The van der Waals surface area contributed by atoms with Crippen molar-refractivity contribution >= 4 is 52.1 Å². The monoisotopic (exact) mass is 451 g/mol. The van der Waals surface area contributed by atoms with Gasteiger partial charge in [-0.2, -0.15) is 5.10 Å². The summed E-state index contributed by atoms with van der Waals surface area (Å²) in [6, 6.07) is 3.53. The number of thiocarbonyl (C=S) groups is 1. The van der Waals surface area contributed by atoms with Crippen molar-refractivity contribution in [3.8, 4) is 11.5 Å². The maximum absolute atomic E-state index is 10.7. The molecule has 9 heteroatoms. The molecule has 0 amide bonds. The molecular formula is C14H18IN3O4S. The van der Waals surface area contributed by atoms with E-state index in [1.807, 2.05) is 19.9 Å². The van der Waals surface area contributed by atoms with Crippen LogP contribution < -0.4 is 20.2 Å². The standard InChI is InChI=1S/C14H18IN3O4S/c1-3-16-14(23)18-17-7-9-5-10(15)13(22-8-12(19)20)11(6-9)21-4-2/h5-7H,3-4,8H2,1-2H3,(H,19,20)(H2,16,18,23). The molecule has 1 rings (SSSR count). The third-order valence-electron chi connectivity index (χ3n) is 2.39. The molecule has 1 aromatic carbocycles. The van der Waals surface area contributed by atoms with Gasteiger partial charge in [0.05, 0.1) is 16.4 Å². The number of hydrogen-bond acceptors (Lipinski definition) is 5. The van der Waals surface area contributed by atoms with Crippen LogP contribution in [0, 0.1) is 3.57 Å². The first-order valence-electron chi connectivity index (χ1n) is 6.85. The van der Waals surface area contributed by atoms with Crippen LogP contribution in [0.15, 0.2) is 17.2 Å². The Kier molecular flexibility index (Phi) is 8.62. The number of halogens is 1. The van der Waals surface area contributed by atoms with Gasteiger partial charge in [-0.05, 0) is 66.4 Å². The third-order valence-corrected chi connectivity index (χ3v) is 3.43. The predicted molar refractivity (Wildman–Crippen MR) is 100 cm³/mol. The highest BCUT2D eigenvalue weighted by molar-refractivity contribution is 14.1. The summed E-state index contributed by atoms with van der Waals surface area (Å²) in [5.41, 5.74) is 3.47. The molecule has 0 bridgehead atoms. The van der Waals surface area contributed by atoms with Crippen LogP contribution in [0.4, 0.5) is 0 Å². The van der Waals surface area contributed by atoms with Crippen LogP contribution in [0.3, 0.4) is 0 Å². The van der Waals surface area contributed by atoms with E-state index >= 15 is 0 Å². The number of benzene rings is 1. The smallest absolute Gasteiger partial charge is 0.341 e. The van der Waals surface area contributed by atoms with Crippen LogP contribution >= 0.6 is 34.8 Å². The van der Waals surface area contributed by atoms with E-state index in [0.717, 1.165) is 9.13 Å². The molecule has 0 heterocycles. The summed E-state index contributed by atoms with van der Waals surface area (Å²) in [6.07, 6.45) is 1.59. The lowest BCUT2D eigenvalue weighted by Crippen LogP contribution is -2.31. The van der Waals surface area contributed by atoms with Crippen molar-refractivity contribution in [3.63, 3.8) is 0 Å². The lowest BCUT2D eigenvalue weighted by atomic mass is 10.2. The summed E-state index contributed by atoms with van der Waals surface area (Å²) in [5.74, 6) is -0.172. The van der Waals surface area contributed by atoms with Crippen LogP contribution in [0.1, 0.15) is 19.4 Å². The van der Waals surface area contributed by atoms with Gasteiger partial charge >= 0.3 is 5.97 Å². The van der Waals surface area contributed by atoms with Gasteiger partial charge in [0.15, 0.2) is 23.2 Å². The average molecular weight is 451 g/mol. The number of carboxylic acid groups (broad SMARTS) is 1. The summed E-state index contributed by atoms with van der Waals surface area (Å²) < 4.78 is 11.5. The molecule has 0 unspecified atom stereocenters. The van der Waals surface area contributed by atoms with Gasteiger partial charge in [0, 0.05) is 6.54 Å². The Morgan fingerprint density at radius 2 is 2.17 bits per heavy atom. The number of nitrogens with zero attached hydrogens (tertiary/aromatic N) is 1. The minimum Gasteiger partial charge on any atom is -0.490 e. The van der Waals surface area contributed by atoms with Gasteiger partial charge in [-0.15, -0.1) is 0 Å². The third kappa shape index (κ3) is 6.99. The van der Waals surface area contributed by atoms with Gasteiger partial charge in [0.25, 0.3) is 0 Å². The number of hydrogen-bond donors (Lipinski definition) is 3. The number of hydrazone groups is 1. The Hall–Kier alpha value is -1.62. The molecule has 0 aliphatic carbocycles. The maximum Gasteiger partial charge on any atom is 0.341 e.